The van der Waals surface area contributed by atoms with Gasteiger partial charge in [0.25, 0.3) is 0 Å². The molecule has 2 aliphatic rings. The molecule has 6 heteroatoms. The van der Waals surface area contributed by atoms with Crippen molar-refractivity contribution in [3.8, 4) is 5.88 Å². The van der Waals surface area contributed by atoms with Crippen molar-refractivity contribution in [2.45, 2.75) is 18.6 Å². The summed E-state index contributed by atoms with van der Waals surface area (Å²) in [6.45, 7) is 3.72. The van der Waals surface area contributed by atoms with Crippen LogP contribution in [0.3, 0.4) is 0 Å². The van der Waals surface area contributed by atoms with Crippen molar-refractivity contribution >= 4 is 0 Å². The van der Waals surface area contributed by atoms with Crippen LogP contribution in [0.25, 0.3) is 0 Å². The quantitative estimate of drug-likeness (QED) is 0.842. The monoisotopic (exact) mass is 329 g/mol. The number of halogens is 1. The standard InChI is InChI=1S/C18H20FN3O2/c19-16-5-3-8-21-17(16)23-11-14-6-9-24-18(14)12-22(13-18)10-15-4-1-2-7-20-15/h1-5,7-8,14H,6,9-13H2/t14-/m0/s1. The molecule has 126 valence electrons. The van der Waals surface area contributed by atoms with Gasteiger partial charge in [0, 0.05) is 44.6 Å². The minimum atomic E-state index is -0.421. The van der Waals surface area contributed by atoms with E-state index < -0.39 is 5.82 Å². The van der Waals surface area contributed by atoms with Crippen LogP contribution in [0.5, 0.6) is 5.88 Å². The van der Waals surface area contributed by atoms with E-state index in [1.54, 1.807) is 6.07 Å². The normalized spacial score (nSPS) is 22.5. The molecule has 0 N–H and O–H groups in total. The summed E-state index contributed by atoms with van der Waals surface area (Å²) >= 11 is 0. The summed E-state index contributed by atoms with van der Waals surface area (Å²) < 4.78 is 25.3. The molecule has 0 amide bonds. The van der Waals surface area contributed by atoms with Gasteiger partial charge in [-0.25, -0.2) is 9.37 Å². The molecule has 1 atom stereocenters. The predicted octanol–water partition coefficient (Wildman–Crippen LogP) is 2.29. The number of aromatic nitrogens is 2. The van der Waals surface area contributed by atoms with Crippen LogP contribution in [0.4, 0.5) is 4.39 Å². The number of hydrogen-bond donors (Lipinski definition) is 0. The first-order valence-corrected chi connectivity index (χ1v) is 8.25. The summed E-state index contributed by atoms with van der Waals surface area (Å²) in [5.74, 6) is -0.0843. The largest absolute Gasteiger partial charge is 0.475 e. The highest BCUT2D eigenvalue weighted by Crippen LogP contribution is 2.40. The molecular weight excluding hydrogens is 309 g/mol. The number of pyridine rings is 2. The second-order valence-electron chi connectivity index (χ2n) is 6.47. The molecule has 0 bridgehead atoms. The van der Waals surface area contributed by atoms with Crippen LogP contribution >= 0.6 is 0 Å². The number of nitrogens with zero attached hydrogens (tertiary/aromatic N) is 3. The Morgan fingerprint density at radius 1 is 1.21 bits per heavy atom. The van der Waals surface area contributed by atoms with Gasteiger partial charge in [0.2, 0.25) is 5.88 Å². The zero-order valence-corrected chi connectivity index (χ0v) is 13.4. The van der Waals surface area contributed by atoms with Gasteiger partial charge in [0.05, 0.1) is 17.9 Å². The van der Waals surface area contributed by atoms with Crippen LogP contribution in [-0.2, 0) is 11.3 Å². The third-order valence-corrected chi connectivity index (χ3v) is 4.84. The van der Waals surface area contributed by atoms with E-state index in [0.717, 1.165) is 38.4 Å². The number of likely N-dealkylation sites (tertiary alicyclic amines) is 1. The summed E-state index contributed by atoms with van der Waals surface area (Å²) in [4.78, 5) is 10.6. The molecule has 2 aromatic heterocycles. The molecule has 2 saturated heterocycles. The van der Waals surface area contributed by atoms with Crippen LogP contribution < -0.4 is 4.74 Å². The Balaban J connectivity index is 1.34. The zero-order valence-electron chi connectivity index (χ0n) is 13.4. The van der Waals surface area contributed by atoms with Crippen molar-refractivity contribution in [3.05, 3.63) is 54.2 Å². The van der Waals surface area contributed by atoms with Gasteiger partial charge >= 0.3 is 0 Å². The summed E-state index contributed by atoms with van der Waals surface area (Å²) in [7, 11) is 0. The smallest absolute Gasteiger partial charge is 0.250 e. The lowest BCUT2D eigenvalue weighted by Crippen LogP contribution is -2.64. The van der Waals surface area contributed by atoms with E-state index in [0.29, 0.717) is 6.61 Å². The van der Waals surface area contributed by atoms with Crippen molar-refractivity contribution in [1.29, 1.82) is 0 Å². The second kappa shape index (κ2) is 6.45. The molecule has 0 radical (unpaired) electrons. The van der Waals surface area contributed by atoms with Gasteiger partial charge < -0.3 is 9.47 Å². The van der Waals surface area contributed by atoms with Gasteiger partial charge in [-0.05, 0) is 30.7 Å². The Kier molecular flexibility index (Phi) is 4.16. The van der Waals surface area contributed by atoms with Crippen LogP contribution in [0.1, 0.15) is 12.1 Å². The Hall–Kier alpha value is -2.05. The first-order chi connectivity index (χ1) is 11.8. The first-order valence-electron chi connectivity index (χ1n) is 8.25. The molecular formula is C18H20FN3O2. The van der Waals surface area contributed by atoms with Gasteiger partial charge in [-0.15, -0.1) is 0 Å². The second-order valence-corrected chi connectivity index (χ2v) is 6.47. The minimum Gasteiger partial charge on any atom is -0.475 e. The highest BCUT2D eigenvalue weighted by Gasteiger charge is 2.53. The van der Waals surface area contributed by atoms with Gasteiger partial charge in [-0.1, -0.05) is 6.07 Å². The summed E-state index contributed by atoms with van der Waals surface area (Å²) in [6.07, 6.45) is 4.29. The van der Waals surface area contributed by atoms with Crippen molar-refractivity contribution in [2.24, 2.45) is 5.92 Å². The van der Waals surface area contributed by atoms with E-state index in [2.05, 4.69) is 14.9 Å². The maximum absolute atomic E-state index is 13.6. The molecule has 0 unspecified atom stereocenters. The average Bonchev–Trinajstić information content (AvgIpc) is 2.99. The third-order valence-electron chi connectivity index (χ3n) is 4.84. The Labute approximate surface area is 140 Å². The lowest BCUT2D eigenvalue weighted by Gasteiger charge is -2.50. The lowest BCUT2D eigenvalue weighted by molar-refractivity contribution is -0.141. The van der Waals surface area contributed by atoms with Crippen LogP contribution in [0.15, 0.2) is 42.7 Å². The maximum atomic E-state index is 13.6. The van der Waals surface area contributed by atoms with Crippen molar-refractivity contribution < 1.29 is 13.9 Å². The van der Waals surface area contributed by atoms with Gasteiger partial charge in [0.1, 0.15) is 0 Å². The van der Waals surface area contributed by atoms with E-state index in [1.165, 1.54) is 12.3 Å². The zero-order chi connectivity index (χ0) is 16.4. The summed E-state index contributed by atoms with van der Waals surface area (Å²) in [5, 5.41) is 0. The number of ether oxygens (including phenoxy) is 2. The fourth-order valence-electron chi connectivity index (χ4n) is 3.57. The molecule has 2 aliphatic heterocycles. The van der Waals surface area contributed by atoms with E-state index in [4.69, 9.17) is 9.47 Å². The highest BCUT2D eigenvalue weighted by atomic mass is 19.1. The maximum Gasteiger partial charge on any atom is 0.250 e. The molecule has 1 spiro atoms. The SMILES string of the molecule is Fc1cccnc1OC[C@@H]1CCOC12CN(Cc1ccccn1)C2. The third kappa shape index (κ3) is 2.99. The van der Waals surface area contributed by atoms with Gasteiger partial charge in [0.15, 0.2) is 5.82 Å². The van der Waals surface area contributed by atoms with Crippen LogP contribution in [-0.4, -0.2) is 46.8 Å². The van der Waals surface area contributed by atoms with Gasteiger partial charge in [-0.2, -0.15) is 0 Å². The molecule has 24 heavy (non-hydrogen) atoms. The molecule has 0 saturated carbocycles. The Bertz CT molecular complexity index is 692. The number of rotatable bonds is 5. The van der Waals surface area contributed by atoms with E-state index in [-0.39, 0.29) is 17.4 Å². The van der Waals surface area contributed by atoms with E-state index in [9.17, 15) is 4.39 Å². The molecule has 0 aliphatic carbocycles. The molecule has 5 nitrogen and oxygen atoms in total. The molecule has 0 aromatic carbocycles. The Morgan fingerprint density at radius 2 is 2.08 bits per heavy atom. The number of hydrogen-bond acceptors (Lipinski definition) is 5. The van der Waals surface area contributed by atoms with Crippen molar-refractivity contribution in [2.75, 3.05) is 26.3 Å². The van der Waals surface area contributed by atoms with Crippen molar-refractivity contribution in [1.82, 2.24) is 14.9 Å². The lowest BCUT2D eigenvalue weighted by atomic mass is 9.81. The fraction of sp³-hybridized carbons (Fsp3) is 0.444. The van der Waals surface area contributed by atoms with Gasteiger partial charge in [-0.3, -0.25) is 9.88 Å². The molecule has 4 rings (SSSR count). The molecule has 4 heterocycles. The van der Waals surface area contributed by atoms with Crippen LogP contribution in [0.2, 0.25) is 0 Å². The van der Waals surface area contributed by atoms with E-state index >= 15 is 0 Å². The topological polar surface area (TPSA) is 47.5 Å². The molecule has 2 aromatic rings. The summed E-state index contributed by atoms with van der Waals surface area (Å²) in [5.41, 5.74) is 0.897. The summed E-state index contributed by atoms with van der Waals surface area (Å²) in [6, 6.07) is 8.88. The van der Waals surface area contributed by atoms with E-state index in [1.807, 2.05) is 24.4 Å². The van der Waals surface area contributed by atoms with Crippen LogP contribution in [0, 0.1) is 11.7 Å². The highest BCUT2D eigenvalue weighted by molar-refractivity contribution is 5.14. The fourth-order valence-corrected chi connectivity index (χ4v) is 3.57. The minimum absolute atomic E-state index is 0.0733. The predicted molar refractivity (Wildman–Crippen MR) is 86.0 cm³/mol. The Morgan fingerprint density at radius 3 is 2.88 bits per heavy atom. The molecule has 2 fully saturated rings. The first kappa shape index (κ1) is 15.5. The van der Waals surface area contributed by atoms with Crippen molar-refractivity contribution in [3.63, 3.8) is 0 Å². The average molecular weight is 329 g/mol.